The molecule has 7 heteroatoms. The Hall–Kier alpha value is -2.25. The number of thiophene rings is 1. The van der Waals surface area contributed by atoms with Gasteiger partial charge in [0.15, 0.2) is 5.65 Å². The largest absolute Gasteiger partial charge is 0.350 e. The molecule has 0 fully saturated rings. The second kappa shape index (κ2) is 6.70. The standard InChI is InChI=1S/C17H21N5OS/c1-11-8-12(2)22-16(20-11)13(9-19-22)17(23)18-10-14(21(3)4)15-6-5-7-24-15/h5-9,14H,10H2,1-4H3,(H,18,23). The second-order valence-electron chi connectivity index (χ2n) is 6.04. The number of likely N-dealkylation sites (N-methyl/N-ethyl adjacent to an activating group) is 1. The molecule has 24 heavy (non-hydrogen) atoms. The normalized spacial score (nSPS) is 12.7. The van der Waals surface area contributed by atoms with Gasteiger partial charge in [-0.05, 0) is 45.5 Å². The number of nitrogens with one attached hydrogen (secondary N) is 1. The van der Waals surface area contributed by atoms with Gasteiger partial charge in [-0.15, -0.1) is 11.3 Å². The lowest BCUT2D eigenvalue weighted by Gasteiger charge is -2.23. The summed E-state index contributed by atoms with van der Waals surface area (Å²) in [5.41, 5.74) is 2.94. The maximum absolute atomic E-state index is 12.6. The molecule has 0 saturated heterocycles. The van der Waals surface area contributed by atoms with Crippen molar-refractivity contribution in [1.29, 1.82) is 0 Å². The van der Waals surface area contributed by atoms with Crippen LogP contribution in [0.15, 0.2) is 29.8 Å². The van der Waals surface area contributed by atoms with E-state index in [2.05, 4.69) is 26.4 Å². The Kier molecular flexibility index (Phi) is 4.64. The van der Waals surface area contributed by atoms with Crippen LogP contribution in [-0.2, 0) is 0 Å². The van der Waals surface area contributed by atoms with Crippen LogP contribution in [-0.4, -0.2) is 46.0 Å². The molecule has 0 aromatic carbocycles. The molecule has 6 nitrogen and oxygen atoms in total. The number of aryl methyl sites for hydroxylation is 2. The van der Waals surface area contributed by atoms with E-state index in [1.165, 1.54) is 4.88 Å². The van der Waals surface area contributed by atoms with Crippen molar-refractivity contribution >= 4 is 22.9 Å². The minimum absolute atomic E-state index is 0.146. The van der Waals surface area contributed by atoms with Gasteiger partial charge in [-0.1, -0.05) is 6.07 Å². The van der Waals surface area contributed by atoms with Crippen molar-refractivity contribution < 1.29 is 4.79 Å². The van der Waals surface area contributed by atoms with E-state index in [0.717, 1.165) is 11.4 Å². The number of hydrogen-bond donors (Lipinski definition) is 1. The maximum Gasteiger partial charge on any atom is 0.256 e. The van der Waals surface area contributed by atoms with Crippen LogP contribution in [0.3, 0.4) is 0 Å². The molecule has 0 aliphatic heterocycles. The molecule has 0 aliphatic carbocycles. The fourth-order valence-corrected chi connectivity index (χ4v) is 3.66. The van der Waals surface area contributed by atoms with E-state index in [9.17, 15) is 4.79 Å². The maximum atomic E-state index is 12.6. The quantitative estimate of drug-likeness (QED) is 0.773. The third kappa shape index (κ3) is 3.18. The Morgan fingerprint density at radius 2 is 2.21 bits per heavy atom. The summed E-state index contributed by atoms with van der Waals surface area (Å²) >= 11 is 1.69. The van der Waals surface area contributed by atoms with Gasteiger partial charge in [0.05, 0.1) is 12.2 Å². The summed E-state index contributed by atoms with van der Waals surface area (Å²) in [5.74, 6) is -0.147. The SMILES string of the molecule is Cc1cc(C)n2ncc(C(=O)NCC(c3cccs3)N(C)C)c2n1. The Labute approximate surface area is 145 Å². The van der Waals surface area contributed by atoms with Crippen molar-refractivity contribution in [3.63, 3.8) is 0 Å². The van der Waals surface area contributed by atoms with Crippen molar-refractivity contribution in [2.45, 2.75) is 19.9 Å². The molecular weight excluding hydrogens is 322 g/mol. The molecule has 3 aromatic heterocycles. The highest BCUT2D eigenvalue weighted by Crippen LogP contribution is 2.22. The number of rotatable bonds is 5. The highest BCUT2D eigenvalue weighted by atomic mass is 32.1. The molecule has 1 atom stereocenters. The molecule has 126 valence electrons. The van der Waals surface area contributed by atoms with Gasteiger partial charge < -0.3 is 10.2 Å². The van der Waals surface area contributed by atoms with Crippen LogP contribution < -0.4 is 5.32 Å². The molecule has 3 heterocycles. The lowest BCUT2D eigenvalue weighted by Crippen LogP contribution is -2.34. The number of carbonyl (C=O) groups excluding carboxylic acids is 1. The van der Waals surface area contributed by atoms with Gasteiger partial charge in [-0.2, -0.15) is 5.10 Å². The van der Waals surface area contributed by atoms with Crippen molar-refractivity contribution in [2.75, 3.05) is 20.6 Å². The number of nitrogens with zero attached hydrogens (tertiary/aromatic N) is 4. The number of fused-ring (bicyclic) bond motifs is 1. The smallest absolute Gasteiger partial charge is 0.256 e. The van der Waals surface area contributed by atoms with Crippen molar-refractivity contribution in [3.05, 3.63) is 51.6 Å². The second-order valence-corrected chi connectivity index (χ2v) is 7.02. The average molecular weight is 343 g/mol. The predicted molar refractivity (Wildman–Crippen MR) is 95.5 cm³/mol. The van der Waals surface area contributed by atoms with E-state index in [4.69, 9.17) is 0 Å². The van der Waals surface area contributed by atoms with E-state index < -0.39 is 0 Å². The number of hydrogen-bond acceptors (Lipinski definition) is 5. The first-order chi connectivity index (χ1) is 11.5. The first kappa shape index (κ1) is 16.6. The van der Waals surface area contributed by atoms with Crippen LogP contribution in [0.1, 0.15) is 32.7 Å². The van der Waals surface area contributed by atoms with E-state index in [1.54, 1.807) is 22.0 Å². The van der Waals surface area contributed by atoms with Crippen molar-refractivity contribution in [1.82, 2.24) is 24.8 Å². The van der Waals surface area contributed by atoms with Gasteiger partial charge in [-0.25, -0.2) is 9.50 Å². The zero-order chi connectivity index (χ0) is 17.3. The fraction of sp³-hybridized carbons (Fsp3) is 0.353. The lowest BCUT2D eigenvalue weighted by atomic mass is 10.2. The van der Waals surface area contributed by atoms with E-state index in [-0.39, 0.29) is 11.9 Å². The van der Waals surface area contributed by atoms with E-state index >= 15 is 0 Å². The summed E-state index contributed by atoms with van der Waals surface area (Å²) in [6.07, 6.45) is 1.58. The number of carbonyl (C=O) groups is 1. The molecule has 3 rings (SSSR count). The van der Waals surface area contributed by atoms with Crippen LogP contribution in [0.4, 0.5) is 0 Å². The summed E-state index contributed by atoms with van der Waals surface area (Å²) in [6.45, 7) is 4.41. The van der Waals surface area contributed by atoms with Crippen LogP contribution in [0.2, 0.25) is 0 Å². The predicted octanol–water partition coefficient (Wildman–Crippen LogP) is 2.44. The molecule has 0 spiro atoms. The van der Waals surface area contributed by atoms with Crippen LogP contribution in [0.25, 0.3) is 5.65 Å². The minimum Gasteiger partial charge on any atom is -0.350 e. The fourth-order valence-electron chi connectivity index (χ4n) is 2.73. The van der Waals surface area contributed by atoms with Gasteiger partial charge in [-0.3, -0.25) is 4.79 Å². The highest BCUT2D eigenvalue weighted by Gasteiger charge is 2.19. The first-order valence-corrected chi connectivity index (χ1v) is 8.65. The summed E-state index contributed by atoms with van der Waals surface area (Å²) < 4.78 is 1.70. The molecule has 1 amide bonds. The summed E-state index contributed by atoms with van der Waals surface area (Å²) in [4.78, 5) is 20.4. The first-order valence-electron chi connectivity index (χ1n) is 7.77. The van der Waals surface area contributed by atoms with E-state index in [0.29, 0.717) is 17.8 Å². The van der Waals surface area contributed by atoms with Crippen LogP contribution in [0.5, 0.6) is 0 Å². The van der Waals surface area contributed by atoms with E-state index in [1.807, 2.05) is 45.5 Å². The summed E-state index contributed by atoms with van der Waals surface area (Å²) in [7, 11) is 4.03. The number of amides is 1. The lowest BCUT2D eigenvalue weighted by molar-refractivity contribution is 0.0943. The highest BCUT2D eigenvalue weighted by molar-refractivity contribution is 7.10. The third-order valence-electron chi connectivity index (χ3n) is 3.97. The summed E-state index contributed by atoms with van der Waals surface area (Å²) in [6, 6.07) is 6.21. The van der Waals surface area contributed by atoms with Gasteiger partial charge in [0.1, 0.15) is 5.56 Å². The van der Waals surface area contributed by atoms with Crippen molar-refractivity contribution in [2.24, 2.45) is 0 Å². The van der Waals surface area contributed by atoms with Gasteiger partial charge in [0, 0.05) is 22.8 Å². The molecule has 3 aromatic rings. The van der Waals surface area contributed by atoms with Gasteiger partial charge in [0.25, 0.3) is 5.91 Å². The molecule has 1 N–H and O–H groups in total. The topological polar surface area (TPSA) is 62.5 Å². The zero-order valence-corrected chi connectivity index (χ0v) is 15.1. The Bertz CT molecular complexity index is 853. The number of aromatic nitrogens is 3. The average Bonchev–Trinajstić information content (AvgIpc) is 3.16. The molecule has 0 bridgehead atoms. The molecule has 0 saturated carbocycles. The zero-order valence-electron chi connectivity index (χ0n) is 14.3. The Balaban J connectivity index is 1.80. The minimum atomic E-state index is -0.147. The molecule has 0 radical (unpaired) electrons. The molecular formula is C17H21N5OS. The molecule has 0 aliphatic rings. The van der Waals surface area contributed by atoms with Crippen molar-refractivity contribution in [3.8, 4) is 0 Å². The van der Waals surface area contributed by atoms with Gasteiger partial charge >= 0.3 is 0 Å². The van der Waals surface area contributed by atoms with Crippen LogP contribution in [0, 0.1) is 13.8 Å². The third-order valence-corrected chi connectivity index (χ3v) is 4.95. The Morgan fingerprint density at radius 3 is 2.88 bits per heavy atom. The monoisotopic (exact) mass is 343 g/mol. The van der Waals surface area contributed by atoms with Crippen LogP contribution >= 0.6 is 11.3 Å². The summed E-state index contributed by atoms with van der Waals surface area (Å²) in [5, 5.41) is 9.35. The van der Waals surface area contributed by atoms with Gasteiger partial charge in [0.2, 0.25) is 0 Å². The Morgan fingerprint density at radius 1 is 1.42 bits per heavy atom. The molecule has 1 unspecified atom stereocenters.